The summed E-state index contributed by atoms with van der Waals surface area (Å²) in [6, 6.07) is 8.79. The summed E-state index contributed by atoms with van der Waals surface area (Å²) in [6.45, 7) is 5.30. The normalized spacial score (nSPS) is 10.8. The Morgan fingerprint density at radius 1 is 1.19 bits per heavy atom. The highest BCUT2D eigenvalue weighted by Crippen LogP contribution is 2.17. The summed E-state index contributed by atoms with van der Waals surface area (Å²) in [6.07, 6.45) is 3.67. The van der Waals surface area contributed by atoms with Gasteiger partial charge in [-0.15, -0.1) is 0 Å². The number of hydrogen-bond donors (Lipinski definition) is 1. The topological polar surface area (TPSA) is 85.6 Å². The number of amides is 1. The fraction of sp³-hybridized carbons (Fsp3) is 0.286. The maximum absolute atomic E-state index is 12.1. The van der Waals surface area contributed by atoms with Crippen molar-refractivity contribution >= 4 is 29.4 Å². The van der Waals surface area contributed by atoms with Gasteiger partial charge in [-0.25, -0.2) is 4.79 Å². The third kappa shape index (κ3) is 6.26. The molecule has 0 unspecified atom stereocenters. The van der Waals surface area contributed by atoms with E-state index in [4.69, 9.17) is 9.15 Å². The number of rotatable bonds is 8. The monoisotopic (exact) mass is 369 g/mol. The fourth-order valence-corrected chi connectivity index (χ4v) is 2.51. The summed E-state index contributed by atoms with van der Waals surface area (Å²) in [5.74, 6) is 0.597. The third-order valence-corrected chi connectivity index (χ3v) is 3.84. The van der Waals surface area contributed by atoms with Gasteiger partial charge in [0.1, 0.15) is 11.5 Å². The Labute approximate surface area is 158 Å². The van der Waals surface area contributed by atoms with Gasteiger partial charge in [0.25, 0.3) is 0 Å². The standard InChI is InChI=1S/C21H23NO5/c1-4-26-21(25)12-7-16-5-8-17(9-6-16)22-20(24)11-10-18-13-19(14(2)23)15(3)27-18/h5-9,12-13H,4,10-11H2,1-3H3,(H,22,24). The quantitative estimate of drug-likeness (QED) is 0.433. The summed E-state index contributed by atoms with van der Waals surface area (Å²) >= 11 is 0. The van der Waals surface area contributed by atoms with Crippen LogP contribution in [0, 0.1) is 6.92 Å². The molecule has 0 atom stereocenters. The molecule has 0 aliphatic heterocycles. The molecule has 0 fully saturated rings. The number of ether oxygens (including phenoxy) is 1. The van der Waals surface area contributed by atoms with Gasteiger partial charge in [-0.1, -0.05) is 12.1 Å². The first-order chi connectivity index (χ1) is 12.9. The summed E-state index contributed by atoms with van der Waals surface area (Å²) in [7, 11) is 0. The molecule has 6 heteroatoms. The molecule has 0 radical (unpaired) electrons. The zero-order chi connectivity index (χ0) is 19.8. The number of Topliss-reactive ketones (excluding diaryl/α,β-unsaturated/α-hetero) is 1. The first-order valence-corrected chi connectivity index (χ1v) is 8.74. The van der Waals surface area contributed by atoms with Gasteiger partial charge in [0, 0.05) is 24.6 Å². The van der Waals surface area contributed by atoms with Crippen LogP contribution in [0.15, 0.2) is 40.8 Å². The van der Waals surface area contributed by atoms with Gasteiger partial charge in [-0.2, -0.15) is 0 Å². The molecule has 0 aliphatic rings. The molecule has 2 aromatic rings. The third-order valence-electron chi connectivity index (χ3n) is 3.84. The van der Waals surface area contributed by atoms with Crippen LogP contribution in [0.5, 0.6) is 0 Å². The Kier molecular flexibility index (Phi) is 7.11. The van der Waals surface area contributed by atoms with Crippen molar-refractivity contribution in [3.05, 3.63) is 59.1 Å². The molecule has 6 nitrogen and oxygen atoms in total. The predicted octanol–water partition coefficient (Wildman–Crippen LogP) is 3.94. The van der Waals surface area contributed by atoms with Crippen molar-refractivity contribution in [3.8, 4) is 0 Å². The second kappa shape index (κ2) is 9.52. The zero-order valence-electron chi connectivity index (χ0n) is 15.7. The lowest BCUT2D eigenvalue weighted by Gasteiger charge is -2.05. The van der Waals surface area contributed by atoms with Crippen molar-refractivity contribution in [3.63, 3.8) is 0 Å². The number of furan rings is 1. The van der Waals surface area contributed by atoms with Gasteiger partial charge in [0.15, 0.2) is 5.78 Å². The van der Waals surface area contributed by atoms with Crippen LogP contribution in [0.4, 0.5) is 5.69 Å². The molecule has 1 N–H and O–H groups in total. The maximum Gasteiger partial charge on any atom is 0.330 e. The van der Waals surface area contributed by atoms with Crippen LogP contribution in [-0.2, 0) is 20.7 Å². The second-order valence-corrected chi connectivity index (χ2v) is 5.99. The van der Waals surface area contributed by atoms with Crippen molar-refractivity contribution in [2.45, 2.75) is 33.6 Å². The van der Waals surface area contributed by atoms with E-state index in [1.165, 1.54) is 13.0 Å². The van der Waals surface area contributed by atoms with Gasteiger partial charge in [-0.3, -0.25) is 9.59 Å². The number of carbonyl (C=O) groups is 3. The Morgan fingerprint density at radius 3 is 2.48 bits per heavy atom. The zero-order valence-corrected chi connectivity index (χ0v) is 15.7. The number of benzene rings is 1. The lowest BCUT2D eigenvalue weighted by atomic mass is 10.1. The molecule has 0 saturated heterocycles. The average molecular weight is 369 g/mol. The highest BCUT2D eigenvalue weighted by atomic mass is 16.5. The SMILES string of the molecule is CCOC(=O)C=Cc1ccc(NC(=O)CCc2cc(C(C)=O)c(C)o2)cc1. The van der Waals surface area contributed by atoms with Crippen molar-refractivity contribution in [2.75, 3.05) is 11.9 Å². The highest BCUT2D eigenvalue weighted by Gasteiger charge is 2.12. The van der Waals surface area contributed by atoms with E-state index in [1.807, 2.05) is 0 Å². The van der Waals surface area contributed by atoms with E-state index >= 15 is 0 Å². The molecule has 1 amide bonds. The Hall–Kier alpha value is -3.15. The van der Waals surface area contributed by atoms with Crippen LogP contribution in [0.3, 0.4) is 0 Å². The lowest BCUT2D eigenvalue weighted by Crippen LogP contribution is -2.12. The Balaban J connectivity index is 1.86. The number of hydrogen-bond acceptors (Lipinski definition) is 5. The van der Waals surface area contributed by atoms with Crippen LogP contribution in [0.2, 0.25) is 0 Å². The molecule has 1 aromatic carbocycles. The van der Waals surface area contributed by atoms with Gasteiger partial charge in [-0.05, 0) is 50.6 Å². The minimum absolute atomic E-state index is 0.0518. The van der Waals surface area contributed by atoms with Crippen LogP contribution in [0.1, 0.15) is 47.7 Å². The molecule has 2 rings (SSSR count). The second-order valence-electron chi connectivity index (χ2n) is 5.99. The molecule has 0 spiro atoms. The van der Waals surface area contributed by atoms with Gasteiger partial charge < -0.3 is 14.5 Å². The van der Waals surface area contributed by atoms with Gasteiger partial charge in [0.05, 0.1) is 12.2 Å². The van der Waals surface area contributed by atoms with Gasteiger partial charge in [0.2, 0.25) is 5.91 Å². The summed E-state index contributed by atoms with van der Waals surface area (Å²) in [5.41, 5.74) is 2.04. The molecular formula is C21H23NO5. The minimum atomic E-state index is -0.393. The number of carbonyl (C=O) groups excluding carboxylic acids is 3. The van der Waals surface area contributed by atoms with E-state index in [1.54, 1.807) is 50.3 Å². The van der Waals surface area contributed by atoms with E-state index in [-0.39, 0.29) is 18.1 Å². The molecule has 142 valence electrons. The minimum Gasteiger partial charge on any atom is -0.466 e. The molecule has 0 aliphatic carbocycles. The largest absolute Gasteiger partial charge is 0.466 e. The number of aryl methyl sites for hydroxylation is 2. The maximum atomic E-state index is 12.1. The van der Waals surface area contributed by atoms with Crippen molar-refractivity contribution < 1.29 is 23.5 Å². The smallest absolute Gasteiger partial charge is 0.330 e. The van der Waals surface area contributed by atoms with E-state index in [2.05, 4.69) is 5.32 Å². The van der Waals surface area contributed by atoms with E-state index in [0.29, 0.717) is 35.8 Å². The molecule has 1 aromatic heterocycles. The number of ketones is 1. The van der Waals surface area contributed by atoms with E-state index in [9.17, 15) is 14.4 Å². The number of anilines is 1. The summed E-state index contributed by atoms with van der Waals surface area (Å²) < 4.78 is 10.3. The van der Waals surface area contributed by atoms with Crippen LogP contribution in [-0.4, -0.2) is 24.3 Å². The highest BCUT2D eigenvalue weighted by molar-refractivity contribution is 5.95. The van der Waals surface area contributed by atoms with Crippen LogP contribution >= 0.6 is 0 Å². The molecular weight excluding hydrogens is 346 g/mol. The van der Waals surface area contributed by atoms with Gasteiger partial charge >= 0.3 is 5.97 Å². The van der Waals surface area contributed by atoms with Crippen LogP contribution < -0.4 is 5.32 Å². The predicted molar refractivity (Wildman–Crippen MR) is 103 cm³/mol. The Morgan fingerprint density at radius 2 is 1.89 bits per heavy atom. The molecule has 0 bridgehead atoms. The molecule has 27 heavy (non-hydrogen) atoms. The first-order valence-electron chi connectivity index (χ1n) is 8.74. The van der Waals surface area contributed by atoms with Crippen molar-refractivity contribution in [1.82, 2.24) is 0 Å². The van der Waals surface area contributed by atoms with Crippen molar-refractivity contribution in [1.29, 1.82) is 0 Å². The molecule has 1 heterocycles. The van der Waals surface area contributed by atoms with E-state index < -0.39 is 5.97 Å². The van der Waals surface area contributed by atoms with E-state index in [0.717, 1.165) is 5.56 Å². The van der Waals surface area contributed by atoms with Crippen LogP contribution in [0.25, 0.3) is 6.08 Å². The summed E-state index contributed by atoms with van der Waals surface area (Å²) in [5, 5.41) is 2.81. The summed E-state index contributed by atoms with van der Waals surface area (Å²) in [4.78, 5) is 34.8. The molecule has 0 saturated carbocycles. The number of esters is 1. The number of nitrogens with one attached hydrogen (secondary N) is 1. The first kappa shape index (κ1) is 20.2. The fourth-order valence-electron chi connectivity index (χ4n) is 2.51. The lowest BCUT2D eigenvalue weighted by molar-refractivity contribution is -0.137. The Bertz CT molecular complexity index is 846. The van der Waals surface area contributed by atoms with Crippen molar-refractivity contribution in [2.24, 2.45) is 0 Å². The average Bonchev–Trinajstić information content (AvgIpc) is 3.01.